The fourth-order valence-electron chi connectivity index (χ4n) is 4.07. The van der Waals surface area contributed by atoms with E-state index in [0.29, 0.717) is 36.5 Å². The van der Waals surface area contributed by atoms with Crippen molar-refractivity contribution in [1.29, 1.82) is 0 Å². The number of amides is 2. The van der Waals surface area contributed by atoms with Gasteiger partial charge in [-0.2, -0.15) is 0 Å². The number of pyridine rings is 1. The lowest BCUT2D eigenvalue weighted by Gasteiger charge is -2.27. The van der Waals surface area contributed by atoms with Gasteiger partial charge in [0, 0.05) is 37.6 Å². The lowest BCUT2D eigenvalue weighted by Crippen LogP contribution is -2.39. The van der Waals surface area contributed by atoms with E-state index in [9.17, 15) is 9.59 Å². The number of nitrogens with zero attached hydrogens (tertiary/aromatic N) is 4. The molecule has 0 saturated carbocycles. The standard InChI is InChI=1S/C25H23N5O2/c1-17(20-8-5-11-26-15-20)27-24(31)19-9-10-22-21(14-19)28-23-25(32)29(12-13-30(22)23)16-18-6-3-2-4-7-18/h2-11,14-15,17H,12-13,16H2,1H3,(H,27,31)/t17-/m0/s1. The van der Waals surface area contributed by atoms with Crippen molar-refractivity contribution in [1.82, 2.24) is 24.8 Å². The Morgan fingerprint density at radius 1 is 1.09 bits per heavy atom. The van der Waals surface area contributed by atoms with E-state index >= 15 is 0 Å². The lowest BCUT2D eigenvalue weighted by molar-refractivity contribution is 0.0685. The third-order valence-electron chi connectivity index (χ3n) is 5.83. The van der Waals surface area contributed by atoms with Gasteiger partial charge in [-0.05, 0) is 42.3 Å². The summed E-state index contributed by atoms with van der Waals surface area (Å²) >= 11 is 0. The van der Waals surface area contributed by atoms with Crippen LogP contribution in [0.5, 0.6) is 0 Å². The summed E-state index contributed by atoms with van der Waals surface area (Å²) in [5.41, 5.74) is 4.05. The molecule has 2 amide bonds. The van der Waals surface area contributed by atoms with Crippen molar-refractivity contribution >= 4 is 22.8 Å². The van der Waals surface area contributed by atoms with Gasteiger partial charge in [0.1, 0.15) is 0 Å². The Labute approximate surface area is 185 Å². The van der Waals surface area contributed by atoms with Crippen LogP contribution in [-0.4, -0.2) is 37.8 Å². The molecule has 0 radical (unpaired) electrons. The van der Waals surface area contributed by atoms with Gasteiger partial charge in [-0.1, -0.05) is 36.4 Å². The second-order valence-electron chi connectivity index (χ2n) is 7.98. The van der Waals surface area contributed by atoms with Crippen molar-refractivity contribution in [3.05, 3.63) is 95.6 Å². The monoisotopic (exact) mass is 425 g/mol. The fourth-order valence-corrected chi connectivity index (χ4v) is 4.07. The minimum atomic E-state index is -0.189. The average Bonchev–Trinajstić information content (AvgIpc) is 3.21. The second kappa shape index (κ2) is 8.26. The number of carbonyl (C=O) groups is 2. The van der Waals surface area contributed by atoms with Gasteiger partial charge in [0.25, 0.3) is 11.8 Å². The highest BCUT2D eigenvalue weighted by atomic mass is 16.2. The lowest BCUT2D eigenvalue weighted by atomic mass is 10.1. The van der Waals surface area contributed by atoms with Gasteiger partial charge in [0.2, 0.25) is 0 Å². The quantitative estimate of drug-likeness (QED) is 0.530. The first-order chi connectivity index (χ1) is 15.6. The van der Waals surface area contributed by atoms with E-state index < -0.39 is 0 Å². The SMILES string of the molecule is C[C@H](NC(=O)c1ccc2c(c1)nc1n2CCN(Cc2ccccc2)C1=O)c1cccnc1. The van der Waals surface area contributed by atoms with E-state index in [2.05, 4.69) is 15.3 Å². The molecule has 7 nitrogen and oxygen atoms in total. The zero-order valence-electron chi connectivity index (χ0n) is 17.7. The molecular weight excluding hydrogens is 402 g/mol. The number of hydrogen-bond acceptors (Lipinski definition) is 4. The Morgan fingerprint density at radius 3 is 2.72 bits per heavy atom. The molecule has 0 spiro atoms. The molecule has 1 aliphatic rings. The van der Waals surface area contributed by atoms with Crippen LogP contribution in [0.2, 0.25) is 0 Å². The molecule has 1 N–H and O–H groups in total. The molecule has 2 aromatic heterocycles. The maximum absolute atomic E-state index is 13.1. The molecule has 2 aromatic carbocycles. The third-order valence-corrected chi connectivity index (χ3v) is 5.83. The van der Waals surface area contributed by atoms with Gasteiger partial charge in [0.15, 0.2) is 5.82 Å². The van der Waals surface area contributed by atoms with Gasteiger partial charge in [-0.3, -0.25) is 14.6 Å². The molecule has 0 aliphatic carbocycles. The highest BCUT2D eigenvalue weighted by molar-refractivity contribution is 6.00. The minimum Gasteiger partial charge on any atom is -0.345 e. The van der Waals surface area contributed by atoms with Crippen LogP contribution in [0, 0.1) is 0 Å². The van der Waals surface area contributed by atoms with Crippen molar-refractivity contribution < 1.29 is 9.59 Å². The summed E-state index contributed by atoms with van der Waals surface area (Å²) in [6, 6.07) is 18.9. The molecule has 160 valence electrons. The van der Waals surface area contributed by atoms with Crippen molar-refractivity contribution in [3.63, 3.8) is 0 Å². The average molecular weight is 425 g/mol. The van der Waals surface area contributed by atoms with E-state index in [1.807, 2.05) is 64.9 Å². The maximum Gasteiger partial charge on any atom is 0.290 e. The first-order valence-electron chi connectivity index (χ1n) is 10.6. The topological polar surface area (TPSA) is 80.1 Å². The van der Waals surface area contributed by atoms with Gasteiger partial charge < -0.3 is 14.8 Å². The van der Waals surface area contributed by atoms with Crippen molar-refractivity contribution in [2.24, 2.45) is 0 Å². The van der Waals surface area contributed by atoms with Crippen LogP contribution in [0.15, 0.2) is 73.1 Å². The summed E-state index contributed by atoms with van der Waals surface area (Å²) in [5.74, 6) is 0.141. The molecule has 0 fully saturated rings. The Balaban J connectivity index is 1.37. The van der Waals surface area contributed by atoms with Crippen LogP contribution in [0.3, 0.4) is 0 Å². The van der Waals surface area contributed by atoms with Gasteiger partial charge >= 0.3 is 0 Å². The molecule has 0 saturated heterocycles. The van der Waals surface area contributed by atoms with Crippen LogP contribution in [0.25, 0.3) is 11.0 Å². The number of aromatic nitrogens is 3. The molecule has 3 heterocycles. The van der Waals surface area contributed by atoms with E-state index in [0.717, 1.165) is 16.6 Å². The molecule has 5 rings (SSSR count). The molecular formula is C25H23N5O2. The Morgan fingerprint density at radius 2 is 1.94 bits per heavy atom. The fraction of sp³-hybridized carbons (Fsp3) is 0.200. The zero-order valence-corrected chi connectivity index (χ0v) is 17.7. The van der Waals surface area contributed by atoms with Gasteiger partial charge in [0.05, 0.1) is 17.1 Å². The van der Waals surface area contributed by atoms with E-state index in [4.69, 9.17) is 0 Å². The number of benzene rings is 2. The Hall–Kier alpha value is -4.00. The molecule has 1 atom stereocenters. The number of hydrogen-bond donors (Lipinski definition) is 1. The highest BCUT2D eigenvalue weighted by Gasteiger charge is 2.28. The zero-order chi connectivity index (χ0) is 22.1. The molecule has 4 aromatic rings. The first kappa shape index (κ1) is 19.9. The Kier molecular flexibility index (Phi) is 5.15. The van der Waals surface area contributed by atoms with Crippen molar-refractivity contribution in [3.8, 4) is 0 Å². The minimum absolute atomic E-state index is 0.0903. The normalized spacial score (nSPS) is 14.3. The number of nitrogens with one attached hydrogen (secondary N) is 1. The van der Waals surface area contributed by atoms with Crippen LogP contribution < -0.4 is 5.32 Å². The summed E-state index contributed by atoms with van der Waals surface area (Å²) in [7, 11) is 0. The van der Waals surface area contributed by atoms with Crippen LogP contribution in [0.4, 0.5) is 0 Å². The smallest absolute Gasteiger partial charge is 0.290 e. The van der Waals surface area contributed by atoms with Gasteiger partial charge in [-0.15, -0.1) is 0 Å². The Bertz CT molecular complexity index is 1280. The molecule has 1 aliphatic heterocycles. The summed E-state index contributed by atoms with van der Waals surface area (Å²) in [4.78, 5) is 36.4. The number of carbonyl (C=O) groups excluding carboxylic acids is 2. The van der Waals surface area contributed by atoms with E-state index in [1.165, 1.54) is 0 Å². The predicted octanol–water partition coefficient (Wildman–Crippen LogP) is 3.58. The van der Waals surface area contributed by atoms with Crippen LogP contribution in [-0.2, 0) is 13.1 Å². The molecule has 7 heteroatoms. The van der Waals surface area contributed by atoms with Crippen LogP contribution in [0.1, 0.15) is 45.1 Å². The number of fused-ring (bicyclic) bond motifs is 3. The van der Waals surface area contributed by atoms with Crippen molar-refractivity contribution in [2.45, 2.75) is 26.1 Å². The summed E-state index contributed by atoms with van der Waals surface area (Å²) in [6.45, 7) is 3.77. The summed E-state index contributed by atoms with van der Waals surface area (Å²) in [5, 5.41) is 2.99. The summed E-state index contributed by atoms with van der Waals surface area (Å²) < 4.78 is 1.94. The van der Waals surface area contributed by atoms with Crippen molar-refractivity contribution in [2.75, 3.05) is 6.54 Å². The molecule has 32 heavy (non-hydrogen) atoms. The van der Waals surface area contributed by atoms with Gasteiger partial charge in [-0.25, -0.2) is 4.98 Å². The number of imidazole rings is 1. The third kappa shape index (κ3) is 3.73. The molecule has 0 unspecified atom stereocenters. The predicted molar refractivity (Wildman–Crippen MR) is 121 cm³/mol. The summed E-state index contributed by atoms with van der Waals surface area (Å²) in [6.07, 6.45) is 3.44. The maximum atomic E-state index is 13.1. The first-order valence-corrected chi connectivity index (χ1v) is 10.6. The van der Waals surface area contributed by atoms with Crippen LogP contribution >= 0.6 is 0 Å². The largest absolute Gasteiger partial charge is 0.345 e. The van der Waals surface area contributed by atoms with E-state index in [1.54, 1.807) is 24.5 Å². The number of rotatable bonds is 5. The highest BCUT2D eigenvalue weighted by Crippen LogP contribution is 2.23. The van der Waals surface area contributed by atoms with E-state index in [-0.39, 0.29) is 17.9 Å². The molecule has 0 bridgehead atoms. The second-order valence-corrected chi connectivity index (χ2v) is 7.98.